The molecule has 0 amide bonds. The Morgan fingerprint density at radius 2 is 1.91 bits per heavy atom. The Hall–Kier alpha value is -1.96. The molecule has 0 aliphatic carbocycles. The second kappa shape index (κ2) is 12.1. The molecule has 186 valence electrons. The van der Waals surface area contributed by atoms with Crippen LogP contribution in [-0.2, 0) is 0 Å². The van der Waals surface area contributed by atoms with Crippen LogP contribution in [0.3, 0.4) is 0 Å². The van der Waals surface area contributed by atoms with Crippen LogP contribution >= 0.6 is 12.2 Å². The first-order valence-corrected chi connectivity index (χ1v) is 13.7. The molecule has 1 atom stereocenters. The van der Waals surface area contributed by atoms with E-state index in [-0.39, 0.29) is 0 Å². The molecule has 1 aromatic carbocycles. The molecule has 2 saturated heterocycles. The summed E-state index contributed by atoms with van der Waals surface area (Å²) in [4.78, 5) is 12.5. The average Bonchev–Trinajstić information content (AvgIpc) is 2.87. The molecule has 2 aliphatic rings. The SMILES string of the molecule is CC[C@H]1CCCCN1CCCNC(=S)Nc1ccc2nc(N3CCN(CC)CC3)cc(C)c2c1. The lowest BCUT2D eigenvalue weighted by molar-refractivity contribution is 0.143. The number of hydrogen-bond donors (Lipinski definition) is 2. The number of aromatic nitrogens is 1. The van der Waals surface area contributed by atoms with Crippen LogP contribution in [0, 0.1) is 6.92 Å². The minimum atomic E-state index is 0.695. The van der Waals surface area contributed by atoms with E-state index >= 15 is 0 Å². The van der Waals surface area contributed by atoms with Gasteiger partial charge in [-0.05, 0) is 87.7 Å². The summed E-state index contributed by atoms with van der Waals surface area (Å²) in [6.45, 7) is 15.5. The van der Waals surface area contributed by atoms with Crippen LogP contribution in [0.1, 0.15) is 51.5 Å². The number of fused-ring (bicyclic) bond motifs is 1. The Morgan fingerprint density at radius 3 is 2.68 bits per heavy atom. The second-order valence-corrected chi connectivity index (χ2v) is 10.2. The predicted molar refractivity (Wildman–Crippen MR) is 149 cm³/mol. The van der Waals surface area contributed by atoms with Gasteiger partial charge in [-0.2, -0.15) is 0 Å². The Balaban J connectivity index is 1.29. The van der Waals surface area contributed by atoms with E-state index in [0.717, 1.165) is 75.3 Å². The van der Waals surface area contributed by atoms with Crippen molar-refractivity contribution >= 4 is 39.7 Å². The number of hydrogen-bond acceptors (Lipinski definition) is 5. The van der Waals surface area contributed by atoms with Crippen molar-refractivity contribution in [1.29, 1.82) is 0 Å². The van der Waals surface area contributed by atoms with Gasteiger partial charge in [0.15, 0.2) is 5.11 Å². The van der Waals surface area contributed by atoms with Gasteiger partial charge in [0.1, 0.15) is 5.82 Å². The lowest BCUT2D eigenvalue weighted by Gasteiger charge is -2.35. The summed E-state index contributed by atoms with van der Waals surface area (Å²) < 4.78 is 0. The van der Waals surface area contributed by atoms with Crippen LogP contribution in [0.5, 0.6) is 0 Å². The van der Waals surface area contributed by atoms with Gasteiger partial charge in [-0.25, -0.2) is 4.98 Å². The maximum Gasteiger partial charge on any atom is 0.170 e. The number of thiocarbonyl (C=S) groups is 1. The number of likely N-dealkylation sites (N-methyl/N-ethyl adjacent to an activating group) is 1. The van der Waals surface area contributed by atoms with Gasteiger partial charge < -0.3 is 25.3 Å². The molecule has 0 radical (unpaired) electrons. The molecule has 1 aromatic heterocycles. The normalized spacial score (nSPS) is 20.0. The number of piperazine rings is 1. The molecule has 2 aromatic rings. The van der Waals surface area contributed by atoms with Crippen molar-refractivity contribution in [3.63, 3.8) is 0 Å². The van der Waals surface area contributed by atoms with Gasteiger partial charge in [-0.15, -0.1) is 0 Å². The lowest BCUT2D eigenvalue weighted by atomic mass is 10.00. The number of likely N-dealkylation sites (tertiary alicyclic amines) is 1. The standard InChI is InChI=1S/C27H42N6S/c1-4-23-9-6-7-13-32(23)14-8-12-28-27(34)29-22-10-11-25-24(20-22)21(3)19-26(30-25)33-17-15-31(5-2)16-18-33/h10-11,19-20,23H,4-9,12-18H2,1-3H3,(H2,28,29,34)/t23-/m0/s1. The number of benzene rings is 1. The molecule has 3 heterocycles. The number of pyridine rings is 1. The van der Waals surface area contributed by atoms with Crippen molar-refractivity contribution in [2.24, 2.45) is 0 Å². The van der Waals surface area contributed by atoms with Crippen molar-refractivity contribution in [1.82, 2.24) is 20.1 Å². The van der Waals surface area contributed by atoms with E-state index in [0.29, 0.717) is 5.11 Å². The molecular formula is C27H42N6S. The molecule has 2 aliphatic heterocycles. The molecule has 2 N–H and O–H groups in total. The van der Waals surface area contributed by atoms with Crippen LogP contribution in [0.2, 0.25) is 0 Å². The molecule has 34 heavy (non-hydrogen) atoms. The topological polar surface area (TPSA) is 46.7 Å². The first kappa shape index (κ1) is 25.1. The zero-order valence-electron chi connectivity index (χ0n) is 21.3. The summed E-state index contributed by atoms with van der Waals surface area (Å²) in [6, 6.07) is 9.37. The molecule has 0 spiro atoms. The lowest BCUT2D eigenvalue weighted by Crippen LogP contribution is -2.46. The Labute approximate surface area is 211 Å². The largest absolute Gasteiger partial charge is 0.362 e. The number of rotatable bonds is 8. The van der Waals surface area contributed by atoms with Gasteiger partial charge in [-0.1, -0.05) is 20.3 Å². The maximum absolute atomic E-state index is 5.57. The Kier molecular flexibility index (Phi) is 8.98. The molecule has 4 rings (SSSR count). The summed E-state index contributed by atoms with van der Waals surface area (Å²) in [5.74, 6) is 1.10. The van der Waals surface area contributed by atoms with Gasteiger partial charge in [0.25, 0.3) is 0 Å². The van der Waals surface area contributed by atoms with E-state index in [4.69, 9.17) is 17.2 Å². The molecule has 7 heteroatoms. The molecule has 0 unspecified atom stereocenters. The monoisotopic (exact) mass is 482 g/mol. The van der Waals surface area contributed by atoms with Gasteiger partial charge in [-0.3, -0.25) is 0 Å². The second-order valence-electron chi connectivity index (χ2n) is 9.78. The van der Waals surface area contributed by atoms with Crippen LogP contribution in [0.25, 0.3) is 10.9 Å². The Bertz CT molecular complexity index is 956. The summed E-state index contributed by atoms with van der Waals surface area (Å²) in [5, 5.41) is 8.64. The van der Waals surface area contributed by atoms with Crippen molar-refractivity contribution < 1.29 is 0 Å². The fourth-order valence-electron chi connectivity index (χ4n) is 5.39. The smallest absolute Gasteiger partial charge is 0.170 e. The van der Waals surface area contributed by atoms with Crippen molar-refractivity contribution in [2.75, 3.05) is 62.6 Å². The van der Waals surface area contributed by atoms with Crippen LogP contribution in [0.15, 0.2) is 24.3 Å². The van der Waals surface area contributed by atoms with E-state index < -0.39 is 0 Å². The highest BCUT2D eigenvalue weighted by Gasteiger charge is 2.20. The van der Waals surface area contributed by atoms with Gasteiger partial charge in [0, 0.05) is 56.4 Å². The third kappa shape index (κ3) is 6.37. The highest BCUT2D eigenvalue weighted by Crippen LogP contribution is 2.26. The molecule has 0 saturated carbocycles. The maximum atomic E-state index is 5.57. The van der Waals surface area contributed by atoms with Crippen molar-refractivity contribution in [3.8, 4) is 0 Å². The minimum absolute atomic E-state index is 0.695. The third-order valence-corrected chi connectivity index (χ3v) is 7.78. The molecule has 6 nitrogen and oxygen atoms in total. The minimum Gasteiger partial charge on any atom is -0.362 e. The fourth-order valence-corrected chi connectivity index (χ4v) is 5.61. The highest BCUT2D eigenvalue weighted by atomic mass is 32.1. The zero-order valence-corrected chi connectivity index (χ0v) is 22.1. The zero-order chi connectivity index (χ0) is 23.9. The number of aryl methyl sites for hydroxylation is 1. The molecule has 0 bridgehead atoms. The Morgan fingerprint density at radius 1 is 1.09 bits per heavy atom. The predicted octanol–water partition coefficient (Wildman–Crippen LogP) is 4.63. The average molecular weight is 483 g/mol. The summed E-state index contributed by atoms with van der Waals surface area (Å²) in [7, 11) is 0. The summed E-state index contributed by atoms with van der Waals surface area (Å²) in [6.07, 6.45) is 6.47. The van der Waals surface area contributed by atoms with Gasteiger partial charge in [0.2, 0.25) is 0 Å². The van der Waals surface area contributed by atoms with Crippen LogP contribution < -0.4 is 15.5 Å². The van der Waals surface area contributed by atoms with Gasteiger partial charge in [0.05, 0.1) is 5.52 Å². The van der Waals surface area contributed by atoms with Gasteiger partial charge >= 0.3 is 0 Å². The van der Waals surface area contributed by atoms with E-state index in [1.165, 1.54) is 43.2 Å². The first-order chi connectivity index (χ1) is 16.6. The van der Waals surface area contributed by atoms with E-state index in [9.17, 15) is 0 Å². The summed E-state index contributed by atoms with van der Waals surface area (Å²) in [5.41, 5.74) is 3.32. The van der Waals surface area contributed by atoms with E-state index in [1.807, 2.05) is 0 Å². The highest BCUT2D eigenvalue weighted by molar-refractivity contribution is 7.80. The van der Waals surface area contributed by atoms with Crippen LogP contribution in [-0.4, -0.2) is 78.3 Å². The third-order valence-electron chi connectivity index (χ3n) is 7.53. The number of anilines is 2. The number of piperidine rings is 1. The molecule has 2 fully saturated rings. The first-order valence-electron chi connectivity index (χ1n) is 13.2. The number of nitrogens with one attached hydrogen (secondary N) is 2. The van der Waals surface area contributed by atoms with E-state index in [2.05, 4.69) is 70.4 Å². The fraction of sp³-hybridized carbons (Fsp3) is 0.630. The number of nitrogens with zero attached hydrogens (tertiary/aromatic N) is 4. The van der Waals surface area contributed by atoms with Crippen molar-refractivity contribution in [2.45, 2.75) is 58.9 Å². The van der Waals surface area contributed by atoms with Crippen LogP contribution in [0.4, 0.5) is 11.5 Å². The molecular weight excluding hydrogens is 440 g/mol. The van der Waals surface area contributed by atoms with E-state index in [1.54, 1.807) is 0 Å². The quantitative estimate of drug-likeness (QED) is 0.420. The summed E-state index contributed by atoms with van der Waals surface area (Å²) >= 11 is 5.57. The van der Waals surface area contributed by atoms with Crippen molar-refractivity contribution in [3.05, 3.63) is 29.8 Å².